The molecule has 0 atom stereocenters. The Hall–Kier alpha value is -2.49. The molecule has 0 radical (unpaired) electrons. The second kappa shape index (κ2) is 10.4. The van der Waals surface area contributed by atoms with Crippen LogP contribution in [-0.4, -0.2) is 64.3 Å². The standard InChI is InChI=1S/C23H29N3O4S2/c1-17-6-11-20-21(16-17)31-23(24-20)26(14-5-13-25(2)3)22(27)12-15-32(28,29)19-9-7-18(30-4)8-10-19/h6-11,16H,5,12-15H2,1-4H3. The number of hydrogen-bond donors (Lipinski definition) is 0. The molecule has 1 amide bonds. The van der Waals surface area contributed by atoms with Gasteiger partial charge in [-0.2, -0.15) is 0 Å². The lowest BCUT2D eigenvalue weighted by Crippen LogP contribution is -2.34. The molecule has 0 bridgehead atoms. The molecule has 2 aromatic carbocycles. The maximum Gasteiger partial charge on any atom is 0.229 e. The van der Waals surface area contributed by atoms with E-state index in [9.17, 15) is 13.2 Å². The van der Waals surface area contributed by atoms with Crippen LogP contribution in [0.3, 0.4) is 0 Å². The third-order valence-electron chi connectivity index (χ3n) is 5.05. The number of amides is 1. The summed E-state index contributed by atoms with van der Waals surface area (Å²) >= 11 is 1.46. The molecule has 3 aromatic rings. The molecule has 3 rings (SSSR count). The Balaban J connectivity index is 1.77. The fourth-order valence-electron chi connectivity index (χ4n) is 3.26. The summed E-state index contributed by atoms with van der Waals surface area (Å²) in [6, 6.07) is 12.2. The van der Waals surface area contributed by atoms with Gasteiger partial charge in [0.25, 0.3) is 0 Å². The third kappa shape index (κ3) is 6.05. The average Bonchev–Trinajstić information content (AvgIpc) is 3.17. The van der Waals surface area contributed by atoms with Crippen LogP contribution in [0, 0.1) is 6.92 Å². The first kappa shape index (κ1) is 24.2. The molecule has 0 aliphatic heterocycles. The van der Waals surface area contributed by atoms with Gasteiger partial charge in [-0.25, -0.2) is 13.4 Å². The summed E-state index contributed by atoms with van der Waals surface area (Å²) in [5.41, 5.74) is 1.97. The van der Waals surface area contributed by atoms with Crippen molar-refractivity contribution in [2.45, 2.75) is 24.7 Å². The zero-order valence-electron chi connectivity index (χ0n) is 18.9. The number of aromatic nitrogens is 1. The molecule has 1 aromatic heterocycles. The van der Waals surface area contributed by atoms with Gasteiger partial charge in [-0.1, -0.05) is 17.4 Å². The van der Waals surface area contributed by atoms with E-state index in [1.807, 2.05) is 39.2 Å². The topological polar surface area (TPSA) is 79.8 Å². The predicted octanol–water partition coefficient (Wildman–Crippen LogP) is 3.76. The van der Waals surface area contributed by atoms with Crippen molar-refractivity contribution in [1.82, 2.24) is 9.88 Å². The number of rotatable bonds is 10. The number of fused-ring (bicyclic) bond motifs is 1. The van der Waals surface area contributed by atoms with Crippen molar-refractivity contribution in [2.75, 3.05) is 44.9 Å². The van der Waals surface area contributed by atoms with Crippen LogP contribution in [0.1, 0.15) is 18.4 Å². The van der Waals surface area contributed by atoms with Crippen molar-refractivity contribution in [1.29, 1.82) is 0 Å². The number of thiazole rings is 1. The molecule has 0 aliphatic carbocycles. The van der Waals surface area contributed by atoms with Gasteiger partial charge in [0.1, 0.15) is 5.75 Å². The maximum absolute atomic E-state index is 13.1. The predicted molar refractivity (Wildman–Crippen MR) is 130 cm³/mol. The van der Waals surface area contributed by atoms with Gasteiger partial charge in [0.15, 0.2) is 15.0 Å². The minimum absolute atomic E-state index is 0.106. The van der Waals surface area contributed by atoms with Crippen molar-refractivity contribution >= 4 is 42.4 Å². The molecule has 9 heteroatoms. The van der Waals surface area contributed by atoms with Crippen LogP contribution in [-0.2, 0) is 14.6 Å². The molecule has 0 fully saturated rings. The van der Waals surface area contributed by atoms with Gasteiger partial charge >= 0.3 is 0 Å². The second-order valence-electron chi connectivity index (χ2n) is 7.91. The first-order valence-corrected chi connectivity index (χ1v) is 12.9. The van der Waals surface area contributed by atoms with E-state index < -0.39 is 9.84 Å². The fourth-order valence-corrected chi connectivity index (χ4v) is 5.60. The molecular formula is C23H29N3O4S2. The van der Waals surface area contributed by atoms with Gasteiger partial charge in [0.2, 0.25) is 5.91 Å². The minimum Gasteiger partial charge on any atom is -0.497 e. The Morgan fingerprint density at radius 3 is 2.47 bits per heavy atom. The molecule has 0 N–H and O–H groups in total. The summed E-state index contributed by atoms with van der Waals surface area (Å²) < 4.78 is 31.6. The van der Waals surface area contributed by atoms with E-state index in [1.165, 1.54) is 30.6 Å². The summed E-state index contributed by atoms with van der Waals surface area (Å²) in [4.78, 5) is 21.6. The maximum atomic E-state index is 13.1. The highest BCUT2D eigenvalue weighted by atomic mass is 32.2. The normalized spacial score (nSPS) is 11.8. The van der Waals surface area contributed by atoms with Crippen LogP contribution in [0.2, 0.25) is 0 Å². The smallest absolute Gasteiger partial charge is 0.229 e. The number of aryl methyl sites for hydroxylation is 1. The second-order valence-corrected chi connectivity index (χ2v) is 11.0. The van der Waals surface area contributed by atoms with Crippen molar-refractivity contribution in [3.05, 3.63) is 48.0 Å². The first-order valence-electron chi connectivity index (χ1n) is 10.4. The van der Waals surface area contributed by atoms with Gasteiger partial charge in [-0.15, -0.1) is 0 Å². The summed E-state index contributed by atoms with van der Waals surface area (Å²) in [5, 5.41) is 0.608. The number of nitrogens with zero attached hydrogens (tertiary/aromatic N) is 3. The first-order chi connectivity index (χ1) is 15.2. The number of benzene rings is 2. The van der Waals surface area contributed by atoms with Gasteiger partial charge in [-0.3, -0.25) is 9.69 Å². The molecule has 1 heterocycles. The van der Waals surface area contributed by atoms with E-state index in [2.05, 4.69) is 9.88 Å². The van der Waals surface area contributed by atoms with Crippen molar-refractivity contribution in [2.24, 2.45) is 0 Å². The Bertz CT molecular complexity index is 1170. The lowest BCUT2D eigenvalue weighted by Gasteiger charge is -2.21. The molecule has 7 nitrogen and oxygen atoms in total. The Labute approximate surface area is 193 Å². The molecule has 0 unspecified atom stereocenters. The lowest BCUT2D eigenvalue weighted by atomic mass is 10.2. The Morgan fingerprint density at radius 1 is 1.09 bits per heavy atom. The van der Waals surface area contributed by atoms with Crippen molar-refractivity contribution < 1.29 is 17.9 Å². The molecule has 0 saturated carbocycles. The quantitative estimate of drug-likeness (QED) is 0.444. The number of sulfone groups is 1. The Morgan fingerprint density at radius 2 is 1.81 bits per heavy atom. The number of anilines is 1. The molecule has 172 valence electrons. The van der Waals surface area contributed by atoms with Gasteiger partial charge in [0, 0.05) is 13.0 Å². The number of ether oxygens (including phenoxy) is 1. The van der Waals surface area contributed by atoms with Crippen molar-refractivity contribution in [3.63, 3.8) is 0 Å². The van der Waals surface area contributed by atoms with E-state index in [1.54, 1.807) is 17.0 Å². The molecule has 0 aliphatic rings. The van der Waals surface area contributed by atoms with Crippen LogP contribution >= 0.6 is 11.3 Å². The average molecular weight is 476 g/mol. The third-order valence-corrected chi connectivity index (χ3v) is 7.83. The summed E-state index contributed by atoms with van der Waals surface area (Å²) in [5.74, 6) is 0.0848. The number of carbonyl (C=O) groups is 1. The minimum atomic E-state index is -3.59. The zero-order chi connectivity index (χ0) is 23.3. The summed E-state index contributed by atoms with van der Waals surface area (Å²) in [7, 11) is 1.90. The van der Waals surface area contributed by atoms with Gasteiger partial charge < -0.3 is 9.64 Å². The Kier molecular flexibility index (Phi) is 7.86. The lowest BCUT2D eigenvalue weighted by molar-refractivity contribution is -0.118. The largest absolute Gasteiger partial charge is 0.497 e. The zero-order valence-corrected chi connectivity index (χ0v) is 20.5. The molecule has 0 spiro atoms. The number of carbonyl (C=O) groups excluding carboxylic acids is 1. The van der Waals surface area contributed by atoms with E-state index in [4.69, 9.17) is 4.74 Å². The van der Waals surface area contributed by atoms with Crippen LogP contribution in [0.15, 0.2) is 47.4 Å². The van der Waals surface area contributed by atoms with Crippen LogP contribution in [0.4, 0.5) is 5.13 Å². The molecular weight excluding hydrogens is 446 g/mol. The van der Waals surface area contributed by atoms with Crippen LogP contribution in [0.5, 0.6) is 5.75 Å². The number of methoxy groups -OCH3 is 1. The molecule has 0 saturated heterocycles. The SMILES string of the molecule is COc1ccc(S(=O)(=O)CCC(=O)N(CCCN(C)C)c2nc3ccc(C)cc3s2)cc1. The van der Waals surface area contributed by atoms with Gasteiger partial charge in [0.05, 0.1) is 28.0 Å². The highest BCUT2D eigenvalue weighted by molar-refractivity contribution is 7.91. The fraction of sp³-hybridized carbons (Fsp3) is 0.391. The highest BCUT2D eigenvalue weighted by Gasteiger charge is 2.23. The van der Waals surface area contributed by atoms with Crippen molar-refractivity contribution in [3.8, 4) is 5.75 Å². The van der Waals surface area contributed by atoms with E-state index in [-0.39, 0.29) is 23.0 Å². The number of hydrogen-bond acceptors (Lipinski definition) is 7. The monoisotopic (exact) mass is 475 g/mol. The van der Waals surface area contributed by atoms with Crippen LogP contribution < -0.4 is 9.64 Å². The van der Waals surface area contributed by atoms with E-state index in [0.717, 1.165) is 28.7 Å². The molecule has 32 heavy (non-hydrogen) atoms. The van der Waals surface area contributed by atoms with E-state index in [0.29, 0.717) is 17.4 Å². The van der Waals surface area contributed by atoms with Crippen LogP contribution in [0.25, 0.3) is 10.2 Å². The van der Waals surface area contributed by atoms with Gasteiger partial charge in [-0.05, 0) is 75.9 Å². The van der Waals surface area contributed by atoms with E-state index >= 15 is 0 Å². The highest BCUT2D eigenvalue weighted by Crippen LogP contribution is 2.30. The summed E-state index contributed by atoms with van der Waals surface area (Å²) in [6.07, 6.45) is 0.657. The summed E-state index contributed by atoms with van der Waals surface area (Å²) in [6.45, 7) is 3.32.